The number of carboxylic acids is 1. The predicted octanol–water partition coefficient (Wildman–Crippen LogP) is 0.815. The molecule has 0 heterocycles. The summed E-state index contributed by atoms with van der Waals surface area (Å²) in [6, 6.07) is -0.792. The molecule has 34 heavy (non-hydrogen) atoms. The molecule has 11 nitrogen and oxygen atoms in total. The number of aliphatic carboxylic acids is 1. The number of carbonyl (C=O) groups is 3. The van der Waals surface area contributed by atoms with Crippen LogP contribution < -0.4 is 27.4 Å². The Kier molecular flexibility index (Phi) is 7.64. The van der Waals surface area contributed by atoms with E-state index in [9.17, 15) is 19.5 Å². The standard InChI is InChI=1S/C23H40N6O5/c1-21(2,3)34-20(33)28-16(5-4-6-26-19(24)25)18(32)29-23-10-14-7-15(11-23)9-22(8-14,13-23)27-12-17(30)31/h14-16,27H,4-13H2,1-3H3,(H,28,33)(H,29,32)(H,30,31)(H4,24,25,26). The van der Waals surface area contributed by atoms with Crippen LogP contribution in [0.2, 0.25) is 0 Å². The summed E-state index contributed by atoms with van der Waals surface area (Å²) in [7, 11) is 0. The number of carbonyl (C=O) groups excluding carboxylic acids is 2. The second-order valence-electron chi connectivity index (χ2n) is 11.4. The maximum atomic E-state index is 13.4. The third-order valence-corrected chi connectivity index (χ3v) is 7.02. The Balaban J connectivity index is 1.70. The van der Waals surface area contributed by atoms with Crippen LogP contribution in [0.5, 0.6) is 0 Å². The maximum Gasteiger partial charge on any atom is 0.408 e. The number of hydrogen-bond donors (Lipinski definition) is 6. The number of nitrogens with two attached hydrogens (primary N) is 2. The normalized spacial score (nSPS) is 30.3. The van der Waals surface area contributed by atoms with E-state index in [4.69, 9.17) is 16.2 Å². The van der Waals surface area contributed by atoms with Crippen molar-refractivity contribution in [2.45, 2.75) is 94.9 Å². The van der Waals surface area contributed by atoms with Crippen molar-refractivity contribution in [3.8, 4) is 0 Å². The fourth-order valence-electron chi connectivity index (χ4n) is 6.45. The van der Waals surface area contributed by atoms with Crippen molar-refractivity contribution in [3.63, 3.8) is 0 Å². The number of carboxylic acid groups (broad SMARTS) is 1. The van der Waals surface area contributed by atoms with Gasteiger partial charge in [-0.15, -0.1) is 0 Å². The van der Waals surface area contributed by atoms with Gasteiger partial charge in [0.25, 0.3) is 0 Å². The molecule has 0 saturated heterocycles. The molecule has 0 radical (unpaired) electrons. The summed E-state index contributed by atoms with van der Waals surface area (Å²) in [5.41, 5.74) is 9.42. The molecule has 4 fully saturated rings. The first-order chi connectivity index (χ1) is 15.8. The molecule has 2 amide bonds. The molecule has 3 atom stereocenters. The Labute approximate surface area is 200 Å². The average molecular weight is 481 g/mol. The quantitative estimate of drug-likeness (QED) is 0.151. The molecule has 0 aromatic heterocycles. The molecule has 3 unspecified atom stereocenters. The summed E-state index contributed by atoms with van der Waals surface area (Å²) in [6.07, 6.45) is 5.64. The van der Waals surface area contributed by atoms with E-state index in [0.29, 0.717) is 37.6 Å². The van der Waals surface area contributed by atoms with Crippen molar-refractivity contribution < 1.29 is 24.2 Å². The summed E-state index contributed by atoms with van der Waals surface area (Å²) < 4.78 is 5.36. The Morgan fingerprint density at radius 3 is 2.29 bits per heavy atom. The van der Waals surface area contributed by atoms with E-state index in [-0.39, 0.29) is 24.0 Å². The lowest BCUT2D eigenvalue weighted by Gasteiger charge is -2.62. The number of alkyl carbamates (subject to hydrolysis) is 1. The topological polar surface area (TPSA) is 181 Å². The first-order valence-electron chi connectivity index (χ1n) is 12.1. The highest BCUT2D eigenvalue weighted by molar-refractivity contribution is 5.86. The van der Waals surface area contributed by atoms with Gasteiger partial charge >= 0.3 is 12.1 Å². The fourth-order valence-corrected chi connectivity index (χ4v) is 6.45. The first kappa shape index (κ1) is 26.1. The molecular weight excluding hydrogens is 440 g/mol. The highest BCUT2D eigenvalue weighted by Gasteiger charge is 2.58. The first-order valence-corrected chi connectivity index (χ1v) is 12.1. The number of rotatable bonds is 10. The highest BCUT2D eigenvalue weighted by atomic mass is 16.6. The van der Waals surface area contributed by atoms with Gasteiger partial charge < -0.3 is 37.3 Å². The lowest BCUT2D eigenvalue weighted by Crippen LogP contribution is -2.70. The molecule has 4 aliphatic rings. The van der Waals surface area contributed by atoms with Gasteiger partial charge in [-0.25, -0.2) is 4.79 Å². The minimum Gasteiger partial charge on any atom is -0.480 e. The van der Waals surface area contributed by atoms with Gasteiger partial charge in [0, 0.05) is 17.6 Å². The van der Waals surface area contributed by atoms with Gasteiger partial charge in [-0.1, -0.05) is 0 Å². The fraction of sp³-hybridized carbons (Fsp3) is 0.826. The molecular formula is C23H40N6O5. The third-order valence-electron chi connectivity index (χ3n) is 7.02. The van der Waals surface area contributed by atoms with Crippen LogP contribution in [0.3, 0.4) is 0 Å². The molecule has 0 aromatic rings. The van der Waals surface area contributed by atoms with E-state index < -0.39 is 29.2 Å². The third kappa shape index (κ3) is 6.97. The van der Waals surface area contributed by atoms with E-state index in [2.05, 4.69) is 20.9 Å². The van der Waals surface area contributed by atoms with Crippen LogP contribution in [0.25, 0.3) is 0 Å². The van der Waals surface area contributed by atoms with Crippen LogP contribution in [0.1, 0.15) is 72.1 Å². The Bertz CT molecular complexity index is 805. The highest BCUT2D eigenvalue weighted by Crippen LogP contribution is 2.57. The molecule has 4 saturated carbocycles. The van der Waals surface area contributed by atoms with Crippen LogP contribution in [0, 0.1) is 11.8 Å². The van der Waals surface area contributed by atoms with Crippen molar-refractivity contribution in [2.75, 3.05) is 13.1 Å². The largest absolute Gasteiger partial charge is 0.480 e. The van der Waals surface area contributed by atoms with E-state index in [1.807, 2.05) is 0 Å². The van der Waals surface area contributed by atoms with Crippen LogP contribution in [0.15, 0.2) is 4.99 Å². The van der Waals surface area contributed by atoms with Gasteiger partial charge in [0.1, 0.15) is 11.6 Å². The minimum absolute atomic E-state index is 0.0196. The summed E-state index contributed by atoms with van der Waals surface area (Å²) in [5.74, 6) is -0.264. The molecule has 0 aromatic carbocycles. The molecule has 8 N–H and O–H groups in total. The van der Waals surface area contributed by atoms with Gasteiger partial charge in [-0.2, -0.15) is 0 Å². The maximum absolute atomic E-state index is 13.4. The molecule has 192 valence electrons. The zero-order valence-electron chi connectivity index (χ0n) is 20.5. The lowest BCUT2D eigenvalue weighted by molar-refractivity contribution is -0.139. The van der Waals surface area contributed by atoms with Crippen molar-refractivity contribution in [2.24, 2.45) is 28.3 Å². The van der Waals surface area contributed by atoms with E-state index in [0.717, 1.165) is 32.1 Å². The summed E-state index contributed by atoms with van der Waals surface area (Å²) in [6.45, 7) is 5.55. The SMILES string of the molecule is CC(C)(C)OC(=O)NC(CCCN=C(N)N)C(=O)NC12CC3CC(CC(NCC(=O)O)(C3)C1)C2. The molecule has 0 spiro atoms. The monoisotopic (exact) mass is 480 g/mol. The second kappa shape index (κ2) is 9.97. The van der Waals surface area contributed by atoms with Gasteiger partial charge in [0.05, 0.1) is 6.54 Å². The minimum atomic E-state index is -0.878. The molecule has 4 bridgehead atoms. The number of ether oxygens (including phenoxy) is 1. The van der Waals surface area contributed by atoms with E-state index in [1.54, 1.807) is 20.8 Å². The molecule has 0 aliphatic heterocycles. The number of hydrogen-bond acceptors (Lipinski definition) is 6. The van der Waals surface area contributed by atoms with E-state index >= 15 is 0 Å². The predicted molar refractivity (Wildman–Crippen MR) is 127 cm³/mol. The summed E-state index contributed by atoms with van der Waals surface area (Å²) >= 11 is 0. The molecule has 4 rings (SSSR count). The average Bonchev–Trinajstić information content (AvgIpc) is 2.65. The molecule has 11 heteroatoms. The zero-order chi connectivity index (χ0) is 25.1. The number of nitrogens with zero attached hydrogens (tertiary/aromatic N) is 1. The van der Waals surface area contributed by atoms with Crippen LogP contribution in [0.4, 0.5) is 4.79 Å². The Morgan fingerprint density at radius 2 is 1.74 bits per heavy atom. The van der Waals surface area contributed by atoms with Gasteiger partial charge in [0.2, 0.25) is 5.91 Å². The van der Waals surface area contributed by atoms with Crippen molar-refractivity contribution >= 4 is 23.9 Å². The van der Waals surface area contributed by atoms with Crippen LogP contribution >= 0.6 is 0 Å². The number of aliphatic imine (C=N–C) groups is 1. The van der Waals surface area contributed by atoms with Crippen molar-refractivity contribution in [3.05, 3.63) is 0 Å². The zero-order valence-corrected chi connectivity index (χ0v) is 20.5. The number of guanidine groups is 1. The summed E-state index contributed by atoms with van der Waals surface area (Å²) in [5, 5.41) is 18.5. The summed E-state index contributed by atoms with van der Waals surface area (Å²) in [4.78, 5) is 41.0. The van der Waals surface area contributed by atoms with Gasteiger partial charge in [-0.3, -0.25) is 14.6 Å². The Morgan fingerprint density at radius 1 is 1.12 bits per heavy atom. The number of nitrogens with one attached hydrogen (secondary N) is 3. The second-order valence-corrected chi connectivity index (χ2v) is 11.4. The molecule has 4 aliphatic carbocycles. The van der Waals surface area contributed by atoms with Crippen molar-refractivity contribution in [1.29, 1.82) is 0 Å². The lowest BCUT2D eigenvalue weighted by atomic mass is 9.50. The van der Waals surface area contributed by atoms with Crippen LogP contribution in [-0.2, 0) is 14.3 Å². The van der Waals surface area contributed by atoms with E-state index in [1.165, 1.54) is 0 Å². The van der Waals surface area contributed by atoms with Crippen LogP contribution in [-0.4, -0.2) is 64.8 Å². The van der Waals surface area contributed by atoms with Gasteiger partial charge in [0.15, 0.2) is 5.96 Å². The smallest absolute Gasteiger partial charge is 0.408 e. The Hall–Kier alpha value is -2.56. The van der Waals surface area contributed by atoms with Crippen molar-refractivity contribution in [1.82, 2.24) is 16.0 Å². The van der Waals surface area contributed by atoms with Gasteiger partial charge in [-0.05, 0) is 84.0 Å². The number of amides is 2.